The molecule has 1 aliphatic carbocycles. The summed E-state index contributed by atoms with van der Waals surface area (Å²) < 4.78 is 0. The fraction of sp³-hybridized carbons (Fsp3) is 0.125. The molecular weight excluding hydrogens is 330 g/mol. The second-order valence-corrected chi connectivity index (χ2v) is 6.40. The molecule has 27 heavy (non-hydrogen) atoms. The van der Waals surface area contributed by atoms with Crippen LogP contribution in [0.3, 0.4) is 0 Å². The van der Waals surface area contributed by atoms with Crippen LogP contribution in [0.4, 0.5) is 0 Å². The third-order valence-corrected chi connectivity index (χ3v) is 4.44. The van der Waals surface area contributed by atoms with Gasteiger partial charge in [0, 0.05) is 31.0 Å². The van der Waals surface area contributed by atoms with E-state index < -0.39 is 0 Å². The van der Waals surface area contributed by atoms with E-state index in [-0.39, 0.29) is 0 Å². The Morgan fingerprint density at radius 1 is 1.19 bits per heavy atom. The Morgan fingerprint density at radius 2 is 2.04 bits per heavy atom. The lowest BCUT2D eigenvalue weighted by molar-refractivity contribution is 0.478. The molecule has 0 fully saturated rings. The average Bonchev–Trinajstić information content (AvgIpc) is 3.12. The van der Waals surface area contributed by atoms with E-state index in [9.17, 15) is 0 Å². The summed E-state index contributed by atoms with van der Waals surface area (Å²) in [6.07, 6.45) is 21.7. The van der Waals surface area contributed by atoms with E-state index in [0.717, 1.165) is 29.7 Å². The molecule has 1 heterocycles. The summed E-state index contributed by atoms with van der Waals surface area (Å²) in [6.45, 7) is 4.95. The zero-order chi connectivity index (χ0) is 18.9. The van der Waals surface area contributed by atoms with Gasteiger partial charge in [0.1, 0.15) is 0 Å². The number of hydrogen-bond acceptors (Lipinski definition) is 2. The van der Waals surface area contributed by atoms with Crippen LogP contribution in [0.15, 0.2) is 104 Å². The normalized spacial score (nSPS) is 14.3. The molecule has 136 valence electrons. The first-order chi connectivity index (χ1) is 13.2. The van der Waals surface area contributed by atoms with Gasteiger partial charge in [-0.2, -0.15) is 5.10 Å². The van der Waals surface area contributed by atoms with Gasteiger partial charge in [-0.05, 0) is 29.2 Å². The van der Waals surface area contributed by atoms with Crippen molar-refractivity contribution in [3.63, 3.8) is 0 Å². The van der Waals surface area contributed by atoms with E-state index in [1.54, 1.807) is 0 Å². The highest BCUT2D eigenvalue weighted by atomic mass is 15.1. The quantitative estimate of drug-likeness (QED) is 0.675. The summed E-state index contributed by atoms with van der Waals surface area (Å²) in [5, 5.41) is 6.89. The standard InChI is InChI=1S/C24H25N3/c1-20(21-11-6-3-7-12-21)10-5-4-8-17-27(2)24-14-9-13-22(15-16-24)23-18-25-26-19-23/h3-8,10-16,18-19H,1,9,17H2,2H3,(H,25,26)/b8-4-,10-5-. The van der Waals surface area contributed by atoms with Crippen LogP contribution in [-0.2, 0) is 0 Å². The van der Waals surface area contributed by atoms with Crippen molar-refractivity contribution < 1.29 is 0 Å². The number of rotatable bonds is 7. The first-order valence-corrected chi connectivity index (χ1v) is 9.10. The van der Waals surface area contributed by atoms with E-state index in [0.29, 0.717) is 0 Å². The van der Waals surface area contributed by atoms with Gasteiger partial charge in [0.15, 0.2) is 0 Å². The van der Waals surface area contributed by atoms with Crippen molar-refractivity contribution in [2.75, 3.05) is 13.6 Å². The summed E-state index contributed by atoms with van der Waals surface area (Å²) in [4.78, 5) is 2.24. The summed E-state index contributed by atoms with van der Waals surface area (Å²) in [6, 6.07) is 10.2. The minimum absolute atomic E-state index is 0.847. The molecule has 0 radical (unpaired) electrons. The van der Waals surface area contributed by atoms with Crippen LogP contribution in [0.25, 0.3) is 11.1 Å². The number of aromatic nitrogens is 2. The lowest BCUT2D eigenvalue weighted by Gasteiger charge is -2.18. The molecule has 0 saturated carbocycles. The lowest BCUT2D eigenvalue weighted by Crippen LogP contribution is -2.16. The first-order valence-electron chi connectivity index (χ1n) is 9.10. The van der Waals surface area contributed by atoms with Gasteiger partial charge in [0.2, 0.25) is 0 Å². The molecule has 0 bridgehead atoms. The molecule has 0 aliphatic heterocycles. The third kappa shape index (κ3) is 5.32. The van der Waals surface area contributed by atoms with Crippen molar-refractivity contribution in [2.45, 2.75) is 6.42 Å². The SMILES string of the molecule is C=C(/C=C\C=C/CN(C)C1=CCC=C(c2cn[nH]c2)C=C1)c1ccccc1. The molecule has 0 spiro atoms. The summed E-state index contributed by atoms with van der Waals surface area (Å²) in [5.74, 6) is 0. The minimum atomic E-state index is 0.847. The van der Waals surface area contributed by atoms with E-state index in [1.165, 1.54) is 11.3 Å². The van der Waals surface area contributed by atoms with Crippen LogP contribution in [0.1, 0.15) is 17.5 Å². The van der Waals surface area contributed by atoms with Crippen molar-refractivity contribution >= 4 is 11.1 Å². The maximum absolute atomic E-state index is 4.11. The fourth-order valence-electron chi connectivity index (χ4n) is 2.85. The molecule has 1 N–H and O–H groups in total. The number of aromatic amines is 1. The highest BCUT2D eigenvalue weighted by Gasteiger charge is 2.05. The predicted molar refractivity (Wildman–Crippen MR) is 115 cm³/mol. The molecule has 2 aromatic rings. The molecule has 3 heteroatoms. The van der Waals surface area contributed by atoms with E-state index in [2.05, 4.69) is 77.3 Å². The minimum Gasteiger partial charge on any atom is -0.371 e. The zero-order valence-corrected chi connectivity index (χ0v) is 15.7. The lowest BCUT2D eigenvalue weighted by atomic mass is 10.1. The number of hydrogen-bond donors (Lipinski definition) is 1. The molecule has 1 aromatic heterocycles. The number of nitrogens with zero attached hydrogens (tertiary/aromatic N) is 2. The third-order valence-electron chi connectivity index (χ3n) is 4.44. The Morgan fingerprint density at radius 3 is 2.81 bits per heavy atom. The zero-order valence-electron chi connectivity index (χ0n) is 15.7. The first kappa shape index (κ1) is 18.5. The van der Waals surface area contributed by atoms with Crippen molar-refractivity contribution in [1.29, 1.82) is 0 Å². The number of allylic oxidation sites excluding steroid dienone is 9. The molecule has 0 unspecified atom stereocenters. The van der Waals surface area contributed by atoms with Crippen LogP contribution in [0.2, 0.25) is 0 Å². The topological polar surface area (TPSA) is 31.9 Å². The van der Waals surface area contributed by atoms with Gasteiger partial charge < -0.3 is 4.90 Å². The largest absolute Gasteiger partial charge is 0.371 e. The van der Waals surface area contributed by atoms with E-state index in [4.69, 9.17) is 0 Å². The Hall–Kier alpha value is -3.33. The highest BCUT2D eigenvalue weighted by Crippen LogP contribution is 2.20. The van der Waals surface area contributed by atoms with E-state index >= 15 is 0 Å². The number of H-pyrrole nitrogens is 1. The Kier molecular flexibility index (Phi) is 6.42. The molecule has 0 atom stereocenters. The smallest absolute Gasteiger partial charge is 0.0565 e. The molecule has 1 aliphatic rings. The molecule has 3 nitrogen and oxygen atoms in total. The molecule has 0 amide bonds. The molecule has 3 rings (SSSR count). The second kappa shape index (κ2) is 9.39. The van der Waals surface area contributed by atoms with Gasteiger partial charge in [-0.25, -0.2) is 0 Å². The predicted octanol–water partition coefficient (Wildman–Crippen LogP) is 5.39. The van der Waals surface area contributed by atoms with Crippen LogP contribution >= 0.6 is 0 Å². The molecule has 1 aromatic carbocycles. The van der Waals surface area contributed by atoms with Crippen molar-refractivity contribution in [1.82, 2.24) is 15.1 Å². The van der Waals surface area contributed by atoms with Crippen molar-refractivity contribution in [3.05, 3.63) is 115 Å². The number of nitrogens with one attached hydrogen (secondary N) is 1. The maximum atomic E-state index is 4.11. The highest BCUT2D eigenvalue weighted by molar-refractivity contribution is 5.74. The fourth-order valence-corrected chi connectivity index (χ4v) is 2.85. The van der Waals surface area contributed by atoms with Gasteiger partial charge in [-0.3, -0.25) is 5.10 Å². The van der Waals surface area contributed by atoms with Gasteiger partial charge in [-0.15, -0.1) is 0 Å². The van der Waals surface area contributed by atoms with Crippen molar-refractivity contribution in [3.8, 4) is 0 Å². The Balaban J connectivity index is 1.50. The van der Waals surface area contributed by atoms with Gasteiger partial charge in [0.05, 0.1) is 6.20 Å². The van der Waals surface area contributed by atoms with Crippen LogP contribution in [-0.4, -0.2) is 28.7 Å². The van der Waals surface area contributed by atoms with Crippen LogP contribution in [0.5, 0.6) is 0 Å². The van der Waals surface area contributed by atoms with Crippen LogP contribution in [0, 0.1) is 0 Å². The summed E-state index contributed by atoms with van der Waals surface area (Å²) in [5.41, 5.74) is 5.69. The van der Waals surface area contributed by atoms with Crippen molar-refractivity contribution in [2.24, 2.45) is 0 Å². The maximum Gasteiger partial charge on any atom is 0.0565 e. The molecule has 0 saturated heterocycles. The number of benzene rings is 1. The monoisotopic (exact) mass is 355 g/mol. The van der Waals surface area contributed by atoms with Crippen LogP contribution < -0.4 is 0 Å². The Bertz CT molecular complexity index is 894. The van der Waals surface area contributed by atoms with Gasteiger partial charge >= 0.3 is 0 Å². The summed E-state index contributed by atoms with van der Waals surface area (Å²) >= 11 is 0. The number of likely N-dealkylation sites (N-methyl/N-ethyl adjacent to an activating group) is 1. The average molecular weight is 355 g/mol. The molecular formula is C24H25N3. The Labute approximate surface area is 161 Å². The second-order valence-electron chi connectivity index (χ2n) is 6.40. The summed E-state index contributed by atoms with van der Waals surface area (Å²) in [7, 11) is 2.11. The van der Waals surface area contributed by atoms with E-state index in [1.807, 2.05) is 42.7 Å². The van der Waals surface area contributed by atoms with Gasteiger partial charge in [0.25, 0.3) is 0 Å². The van der Waals surface area contributed by atoms with Gasteiger partial charge in [-0.1, -0.05) is 79.4 Å².